The van der Waals surface area contributed by atoms with E-state index in [2.05, 4.69) is 9.97 Å². The van der Waals surface area contributed by atoms with Gasteiger partial charge in [-0.05, 0) is 42.3 Å². The van der Waals surface area contributed by atoms with Crippen molar-refractivity contribution in [1.82, 2.24) is 14.5 Å². The first-order chi connectivity index (χ1) is 15.4. The van der Waals surface area contributed by atoms with Crippen LogP contribution in [0.15, 0.2) is 47.4 Å². The number of aryl methyl sites for hydroxylation is 1. The Morgan fingerprint density at radius 1 is 1.25 bits per heavy atom. The summed E-state index contributed by atoms with van der Waals surface area (Å²) < 4.78 is 46.5. The van der Waals surface area contributed by atoms with Crippen molar-refractivity contribution in [3.63, 3.8) is 0 Å². The molecular formula is C21H19N3O7S. The summed E-state index contributed by atoms with van der Waals surface area (Å²) in [5.41, 5.74) is 1.88. The molecule has 1 aromatic carbocycles. The zero-order valence-electron chi connectivity index (χ0n) is 17.1. The summed E-state index contributed by atoms with van der Waals surface area (Å²) in [5, 5.41) is 0. The number of nitrogens with zero attached hydrogens (tertiary/aromatic N) is 3. The summed E-state index contributed by atoms with van der Waals surface area (Å²) in [6.45, 7) is 0.818. The van der Waals surface area contributed by atoms with Gasteiger partial charge in [0, 0.05) is 24.4 Å². The fraction of sp³-hybridized carbons (Fsp3) is 0.286. The average molecular weight is 457 g/mol. The number of ether oxygens (including phenoxy) is 3. The number of aromatic nitrogens is 3. The SMILES string of the molecule is CS(=O)(=O)Oc1ccc2c(c1)CCn1c-2cc(OCC2COc3ncccc3O2)nc1=O. The van der Waals surface area contributed by atoms with Crippen LogP contribution in [0.5, 0.6) is 23.3 Å². The number of pyridine rings is 1. The molecule has 2 aliphatic rings. The summed E-state index contributed by atoms with van der Waals surface area (Å²) in [5.74, 6) is 1.37. The second-order valence-corrected chi connectivity index (χ2v) is 9.01. The van der Waals surface area contributed by atoms with Gasteiger partial charge in [0.1, 0.15) is 19.0 Å². The average Bonchev–Trinajstić information content (AvgIpc) is 2.76. The molecule has 0 saturated carbocycles. The van der Waals surface area contributed by atoms with Crippen molar-refractivity contribution in [2.24, 2.45) is 0 Å². The van der Waals surface area contributed by atoms with Crippen LogP contribution in [0.2, 0.25) is 0 Å². The lowest BCUT2D eigenvalue weighted by Crippen LogP contribution is -2.35. The van der Waals surface area contributed by atoms with Crippen molar-refractivity contribution in [3.8, 4) is 34.5 Å². The summed E-state index contributed by atoms with van der Waals surface area (Å²) in [4.78, 5) is 20.7. The van der Waals surface area contributed by atoms with E-state index < -0.39 is 15.8 Å². The van der Waals surface area contributed by atoms with Crippen LogP contribution >= 0.6 is 0 Å². The first-order valence-corrected chi connectivity index (χ1v) is 11.7. The van der Waals surface area contributed by atoms with Gasteiger partial charge in [-0.25, -0.2) is 9.78 Å². The van der Waals surface area contributed by atoms with Crippen LogP contribution in [0.1, 0.15) is 5.56 Å². The molecule has 0 aliphatic carbocycles. The molecule has 4 heterocycles. The van der Waals surface area contributed by atoms with E-state index in [0.29, 0.717) is 30.3 Å². The normalized spacial score (nSPS) is 16.6. The molecule has 0 amide bonds. The molecule has 32 heavy (non-hydrogen) atoms. The maximum Gasteiger partial charge on any atom is 0.351 e. The Morgan fingerprint density at radius 2 is 2.12 bits per heavy atom. The summed E-state index contributed by atoms with van der Waals surface area (Å²) in [6, 6.07) is 10.2. The van der Waals surface area contributed by atoms with Crippen LogP contribution in [0.3, 0.4) is 0 Å². The zero-order valence-corrected chi connectivity index (χ0v) is 17.9. The highest BCUT2D eigenvalue weighted by atomic mass is 32.2. The molecule has 0 saturated heterocycles. The van der Waals surface area contributed by atoms with Gasteiger partial charge in [-0.2, -0.15) is 13.4 Å². The van der Waals surface area contributed by atoms with Crippen molar-refractivity contribution in [2.75, 3.05) is 19.5 Å². The molecule has 0 N–H and O–H groups in total. The van der Waals surface area contributed by atoms with E-state index in [1.54, 1.807) is 47.2 Å². The molecule has 2 aliphatic heterocycles. The van der Waals surface area contributed by atoms with Crippen molar-refractivity contribution in [3.05, 3.63) is 58.6 Å². The Kier molecular flexibility index (Phi) is 4.97. The fourth-order valence-electron chi connectivity index (χ4n) is 3.70. The third-order valence-electron chi connectivity index (χ3n) is 5.05. The number of hydrogen-bond donors (Lipinski definition) is 0. The van der Waals surface area contributed by atoms with E-state index >= 15 is 0 Å². The Bertz CT molecular complexity index is 1350. The van der Waals surface area contributed by atoms with Crippen molar-refractivity contribution in [1.29, 1.82) is 0 Å². The summed E-state index contributed by atoms with van der Waals surface area (Å²) in [7, 11) is -3.63. The van der Waals surface area contributed by atoms with Crippen molar-refractivity contribution in [2.45, 2.75) is 19.1 Å². The fourth-order valence-corrected chi connectivity index (χ4v) is 4.16. The Morgan fingerprint density at radius 3 is 2.97 bits per heavy atom. The summed E-state index contributed by atoms with van der Waals surface area (Å²) in [6.07, 6.45) is 2.78. The van der Waals surface area contributed by atoms with E-state index in [0.717, 1.165) is 17.4 Å². The molecule has 0 fully saturated rings. The van der Waals surface area contributed by atoms with E-state index in [1.807, 2.05) is 0 Å². The van der Waals surface area contributed by atoms with Crippen LogP contribution in [0.4, 0.5) is 0 Å². The largest absolute Gasteiger partial charge is 0.478 e. The topological polar surface area (TPSA) is 119 Å². The molecular weight excluding hydrogens is 438 g/mol. The number of rotatable bonds is 5. The molecule has 0 radical (unpaired) electrons. The smallest absolute Gasteiger partial charge is 0.351 e. The van der Waals surface area contributed by atoms with Gasteiger partial charge in [0.15, 0.2) is 11.9 Å². The second-order valence-electron chi connectivity index (χ2n) is 7.44. The minimum atomic E-state index is -3.63. The standard InChI is InChI=1S/C21H19N3O7S/c1-32(26,27)31-14-4-5-16-13(9-14)6-8-24-17(16)10-19(23-21(24)25)28-11-15-12-29-20-18(30-15)3-2-7-22-20/h2-5,7,9-10,15H,6,8,11-12H2,1H3. The van der Waals surface area contributed by atoms with Crippen LogP contribution in [0, 0.1) is 0 Å². The molecule has 0 spiro atoms. The van der Waals surface area contributed by atoms with E-state index in [4.69, 9.17) is 18.4 Å². The molecule has 1 unspecified atom stereocenters. The maximum atomic E-state index is 12.6. The van der Waals surface area contributed by atoms with Crippen LogP contribution in [0.25, 0.3) is 11.3 Å². The third kappa shape index (κ3) is 4.11. The highest BCUT2D eigenvalue weighted by Crippen LogP contribution is 2.33. The maximum absolute atomic E-state index is 12.6. The molecule has 5 rings (SSSR count). The van der Waals surface area contributed by atoms with Gasteiger partial charge < -0.3 is 18.4 Å². The predicted molar refractivity (Wildman–Crippen MR) is 113 cm³/mol. The van der Waals surface area contributed by atoms with E-state index in [9.17, 15) is 13.2 Å². The second kappa shape index (κ2) is 7.83. The van der Waals surface area contributed by atoms with Gasteiger partial charge in [0.05, 0.1) is 11.9 Å². The van der Waals surface area contributed by atoms with Crippen LogP contribution < -0.4 is 24.1 Å². The Labute approximate surface area is 183 Å². The van der Waals surface area contributed by atoms with Crippen molar-refractivity contribution >= 4 is 10.1 Å². The lowest BCUT2D eigenvalue weighted by atomic mass is 9.97. The molecule has 2 aromatic heterocycles. The highest BCUT2D eigenvalue weighted by molar-refractivity contribution is 7.86. The first kappa shape index (κ1) is 20.3. The lowest BCUT2D eigenvalue weighted by Gasteiger charge is -2.25. The van der Waals surface area contributed by atoms with Gasteiger partial charge in [-0.3, -0.25) is 4.57 Å². The molecule has 0 bridgehead atoms. The Balaban J connectivity index is 1.37. The Hall–Kier alpha value is -3.60. The molecule has 11 heteroatoms. The van der Waals surface area contributed by atoms with Gasteiger partial charge in [0.2, 0.25) is 5.88 Å². The van der Waals surface area contributed by atoms with Crippen LogP contribution in [-0.2, 0) is 23.1 Å². The lowest BCUT2D eigenvalue weighted by molar-refractivity contribution is 0.0486. The van der Waals surface area contributed by atoms with Gasteiger partial charge in [-0.1, -0.05) is 0 Å². The third-order valence-corrected chi connectivity index (χ3v) is 5.54. The highest BCUT2D eigenvalue weighted by Gasteiger charge is 2.24. The quantitative estimate of drug-likeness (QED) is 0.524. The minimum absolute atomic E-state index is 0.137. The molecule has 10 nitrogen and oxygen atoms in total. The van der Waals surface area contributed by atoms with Gasteiger partial charge in [-0.15, -0.1) is 0 Å². The minimum Gasteiger partial charge on any atom is -0.478 e. The number of benzene rings is 1. The number of hydrogen-bond acceptors (Lipinski definition) is 9. The van der Waals surface area contributed by atoms with E-state index in [-0.39, 0.29) is 30.9 Å². The first-order valence-electron chi connectivity index (χ1n) is 9.88. The van der Waals surface area contributed by atoms with Gasteiger partial charge in [0.25, 0.3) is 5.88 Å². The summed E-state index contributed by atoms with van der Waals surface area (Å²) >= 11 is 0. The zero-order chi connectivity index (χ0) is 22.3. The molecule has 3 aromatic rings. The monoisotopic (exact) mass is 457 g/mol. The molecule has 166 valence electrons. The number of fused-ring (bicyclic) bond motifs is 4. The van der Waals surface area contributed by atoms with Gasteiger partial charge >= 0.3 is 15.8 Å². The van der Waals surface area contributed by atoms with Crippen LogP contribution in [-0.4, -0.2) is 48.5 Å². The van der Waals surface area contributed by atoms with E-state index in [1.165, 1.54) is 0 Å². The molecule has 1 atom stereocenters. The van der Waals surface area contributed by atoms with Crippen molar-refractivity contribution < 1.29 is 26.8 Å². The predicted octanol–water partition coefficient (Wildman–Crippen LogP) is 1.42.